The molecule has 55 heavy (non-hydrogen) atoms. The molecule has 0 amide bonds. The number of aromatic nitrogens is 4. The summed E-state index contributed by atoms with van der Waals surface area (Å²) in [7, 11) is 0. The third-order valence-electron chi connectivity index (χ3n) is 10.8. The zero-order chi connectivity index (χ0) is 36.0. The molecule has 0 aliphatic rings. The van der Waals surface area contributed by atoms with Gasteiger partial charge >= 0.3 is 0 Å². The van der Waals surface area contributed by atoms with Gasteiger partial charge in [0.1, 0.15) is 22.3 Å². The van der Waals surface area contributed by atoms with E-state index in [1.807, 2.05) is 78.9 Å². The molecule has 4 heterocycles. The predicted octanol–water partition coefficient (Wildman–Crippen LogP) is 12.9. The fraction of sp³-hybridized carbons (Fsp3) is 0. The molecule has 0 atom stereocenters. The van der Waals surface area contributed by atoms with E-state index in [1.54, 1.807) is 0 Å². The lowest BCUT2D eigenvalue weighted by Crippen LogP contribution is -2.04. The molecule has 0 saturated heterocycles. The number of hydrogen-bond donors (Lipinski definition) is 0. The highest BCUT2D eigenvalue weighted by Crippen LogP contribution is 2.42. The number of rotatable bonds is 4. The summed E-state index contributed by atoms with van der Waals surface area (Å²) in [6, 6.07) is 58.6. The van der Waals surface area contributed by atoms with Crippen LogP contribution in [0.5, 0.6) is 0 Å². The van der Waals surface area contributed by atoms with Crippen molar-refractivity contribution in [2.45, 2.75) is 0 Å². The monoisotopic (exact) mass is 704 g/mol. The van der Waals surface area contributed by atoms with E-state index in [4.69, 9.17) is 23.8 Å². The fourth-order valence-corrected chi connectivity index (χ4v) is 8.25. The minimum absolute atomic E-state index is 0.565. The van der Waals surface area contributed by atoms with Crippen LogP contribution < -0.4 is 0 Å². The first-order chi connectivity index (χ1) is 27.2. The van der Waals surface area contributed by atoms with Gasteiger partial charge in [-0.05, 0) is 65.4 Å². The number of furan rings is 2. The Bertz CT molecular complexity index is 3500. The van der Waals surface area contributed by atoms with E-state index in [-0.39, 0.29) is 0 Å². The van der Waals surface area contributed by atoms with Gasteiger partial charge in [-0.1, -0.05) is 109 Å². The van der Waals surface area contributed by atoms with Gasteiger partial charge in [0.25, 0.3) is 0 Å². The molecule has 0 radical (unpaired) electrons. The van der Waals surface area contributed by atoms with Crippen LogP contribution in [0.25, 0.3) is 116 Å². The highest BCUT2D eigenvalue weighted by molar-refractivity contribution is 6.15. The van der Waals surface area contributed by atoms with Crippen LogP contribution in [0.4, 0.5) is 0 Å². The van der Waals surface area contributed by atoms with Gasteiger partial charge in [0.05, 0.1) is 16.7 Å². The third-order valence-corrected chi connectivity index (χ3v) is 10.8. The molecule has 4 aromatic heterocycles. The minimum Gasteiger partial charge on any atom is -0.456 e. The van der Waals surface area contributed by atoms with E-state index >= 15 is 0 Å². The minimum atomic E-state index is 0.565. The first kappa shape index (κ1) is 29.9. The molecule has 256 valence electrons. The van der Waals surface area contributed by atoms with Gasteiger partial charge in [-0.2, -0.15) is 0 Å². The molecule has 0 N–H and O–H groups in total. The summed E-state index contributed by atoms with van der Waals surface area (Å²) in [5, 5.41) is 8.80. The summed E-state index contributed by atoms with van der Waals surface area (Å²) in [4.78, 5) is 15.7. The van der Waals surface area contributed by atoms with Gasteiger partial charge in [0.15, 0.2) is 17.5 Å². The number of para-hydroxylation sites is 3. The van der Waals surface area contributed by atoms with Crippen LogP contribution in [0.1, 0.15) is 0 Å². The molecule has 8 aromatic carbocycles. The topological polar surface area (TPSA) is 69.9 Å². The zero-order valence-electron chi connectivity index (χ0n) is 29.3. The van der Waals surface area contributed by atoms with Crippen molar-refractivity contribution in [3.8, 4) is 39.9 Å². The molecule has 0 spiro atoms. The van der Waals surface area contributed by atoms with E-state index in [1.165, 1.54) is 21.5 Å². The Morgan fingerprint density at radius 1 is 0.345 bits per heavy atom. The quantitative estimate of drug-likeness (QED) is 0.182. The Balaban J connectivity index is 1.19. The highest BCUT2D eigenvalue weighted by atomic mass is 16.3. The number of fused-ring (bicyclic) bond motifs is 10. The SMILES string of the molecule is c1ccc(-c2nc(-c3ccc4oc5ccccc5c4c3)nc(-c3cc4c(cc3-n3c5ccccc5c5cc6ccccc6cc53)oc3ccccc34)n2)cc1. The molecule has 12 aromatic rings. The molecule has 6 nitrogen and oxygen atoms in total. The summed E-state index contributed by atoms with van der Waals surface area (Å²) in [5.41, 5.74) is 9.02. The Kier molecular flexibility index (Phi) is 6.24. The molecule has 0 aliphatic heterocycles. The summed E-state index contributed by atoms with van der Waals surface area (Å²) in [6.07, 6.45) is 0. The Hall–Kier alpha value is -7.57. The van der Waals surface area contributed by atoms with Crippen LogP contribution in [0.2, 0.25) is 0 Å². The van der Waals surface area contributed by atoms with Crippen molar-refractivity contribution in [1.29, 1.82) is 0 Å². The van der Waals surface area contributed by atoms with E-state index in [2.05, 4.69) is 95.6 Å². The van der Waals surface area contributed by atoms with Crippen molar-refractivity contribution in [1.82, 2.24) is 19.5 Å². The van der Waals surface area contributed by atoms with Gasteiger partial charge in [-0.15, -0.1) is 0 Å². The Morgan fingerprint density at radius 3 is 1.71 bits per heavy atom. The van der Waals surface area contributed by atoms with Crippen molar-refractivity contribution in [3.63, 3.8) is 0 Å². The molecular formula is C49H28N4O2. The number of hydrogen-bond acceptors (Lipinski definition) is 5. The lowest BCUT2D eigenvalue weighted by molar-refractivity contribution is 0.668. The summed E-state index contributed by atoms with van der Waals surface area (Å²) >= 11 is 0. The standard InChI is InChI=1S/C49H28N4O2/c1-2-12-29(13-3-1)47-50-48(32-22-23-45-37(25-32)34-17-7-10-20-43(34)54-45)52-49(51-47)39-27-38-35-18-8-11-21-44(35)55-46(38)28-42(39)53-40-19-9-6-16-33(40)36-24-30-14-4-5-15-31(30)26-41(36)53/h1-28H. The van der Waals surface area contributed by atoms with E-state index in [0.717, 1.165) is 77.3 Å². The van der Waals surface area contributed by atoms with Crippen LogP contribution >= 0.6 is 0 Å². The van der Waals surface area contributed by atoms with Crippen molar-refractivity contribution < 1.29 is 8.83 Å². The highest BCUT2D eigenvalue weighted by Gasteiger charge is 2.23. The molecule has 0 unspecified atom stereocenters. The van der Waals surface area contributed by atoms with E-state index in [9.17, 15) is 0 Å². The zero-order valence-corrected chi connectivity index (χ0v) is 29.3. The van der Waals surface area contributed by atoms with E-state index in [0.29, 0.717) is 17.5 Å². The Labute approximate surface area is 313 Å². The maximum Gasteiger partial charge on any atom is 0.166 e. The average Bonchev–Trinajstić information content (AvgIpc) is 3.91. The van der Waals surface area contributed by atoms with Crippen molar-refractivity contribution in [3.05, 3.63) is 170 Å². The van der Waals surface area contributed by atoms with E-state index < -0.39 is 0 Å². The molecular weight excluding hydrogens is 677 g/mol. The smallest absolute Gasteiger partial charge is 0.166 e. The fourth-order valence-electron chi connectivity index (χ4n) is 8.25. The lowest BCUT2D eigenvalue weighted by atomic mass is 10.0. The van der Waals surface area contributed by atoms with Crippen LogP contribution in [-0.2, 0) is 0 Å². The van der Waals surface area contributed by atoms with Gasteiger partial charge in [0, 0.05) is 55.1 Å². The van der Waals surface area contributed by atoms with Crippen molar-refractivity contribution in [2.24, 2.45) is 0 Å². The van der Waals surface area contributed by atoms with Gasteiger partial charge in [-0.3, -0.25) is 0 Å². The van der Waals surface area contributed by atoms with Crippen LogP contribution in [0, 0.1) is 0 Å². The largest absolute Gasteiger partial charge is 0.456 e. The predicted molar refractivity (Wildman–Crippen MR) is 223 cm³/mol. The maximum atomic E-state index is 6.56. The summed E-state index contributed by atoms with van der Waals surface area (Å²) in [6.45, 7) is 0. The molecule has 0 aliphatic carbocycles. The van der Waals surface area contributed by atoms with Gasteiger partial charge in [0.2, 0.25) is 0 Å². The van der Waals surface area contributed by atoms with Gasteiger partial charge in [-0.25, -0.2) is 15.0 Å². The average molecular weight is 705 g/mol. The molecule has 0 saturated carbocycles. The maximum absolute atomic E-state index is 6.56. The molecule has 0 fully saturated rings. The number of benzene rings is 8. The summed E-state index contributed by atoms with van der Waals surface area (Å²) < 4.78 is 15.1. The first-order valence-corrected chi connectivity index (χ1v) is 18.3. The molecule has 12 rings (SSSR count). The van der Waals surface area contributed by atoms with Crippen LogP contribution in [0.15, 0.2) is 179 Å². The third kappa shape index (κ3) is 4.58. The second kappa shape index (κ2) is 11.5. The van der Waals surface area contributed by atoms with Gasteiger partial charge < -0.3 is 13.4 Å². The molecule has 0 bridgehead atoms. The number of nitrogens with zero attached hydrogens (tertiary/aromatic N) is 4. The summed E-state index contributed by atoms with van der Waals surface area (Å²) in [5.74, 6) is 1.73. The van der Waals surface area contributed by atoms with Crippen LogP contribution in [0.3, 0.4) is 0 Å². The van der Waals surface area contributed by atoms with Crippen molar-refractivity contribution >= 4 is 76.5 Å². The first-order valence-electron chi connectivity index (χ1n) is 18.3. The Morgan fingerprint density at radius 2 is 0.927 bits per heavy atom. The molecule has 6 heteroatoms. The second-order valence-corrected chi connectivity index (χ2v) is 14.0. The van der Waals surface area contributed by atoms with Crippen molar-refractivity contribution in [2.75, 3.05) is 0 Å². The van der Waals surface area contributed by atoms with Crippen LogP contribution in [-0.4, -0.2) is 19.5 Å². The lowest BCUT2D eigenvalue weighted by Gasteiger charge is -2.15. The normalized spacial score (nSPS) is 12.0. The second-order valence-electron chi connectivity index (χ2n) is 14.0.